The van der Waals surface area contributed by atoms with Gasteiger partial charge < -0.3 is 30.0 Å². The minimum Gasteiger partial charge on any atom is -0.375 e. The minimum atomic E-state index is -0.627. The van der Waals surface area contributed by atoms with E-state index in [1.165, 1.54) is 12.8 Å². The highest BCUT2D eigenvalue weighted by atomic mass is 16.5. The lowest BCUT2D eigenvalue weighted by molar-refractivity contribution is -0.135. The lowest BCUT2D eigenvalue weighted by Crippen LogP contribution is -2.62. The van der Waals surface area contributed by atoms with Crippen molar-refractivity contribution in [1.29, 1.82) is 0 Å². The third-order valence-corrected chi connectivity index (χ3v) is 7.92. The zero-order chi connectivity index (χ0) is 23.0. The number of benzene rings is 1. The van der Waals surface area contributed by atoms with Crippen LogP contribution in [0.4, 0.5) is 5.69 Å². The van der Waals surface area contributed by atoms with Gasteiger partial charge in [-0.25, -0.2) is 0 Å². The number of nitrogens with zero attached hydrogens (tertiary/aromatic N) is 2. The Bertz CT molecular complexity index is 915. The molecule has 8 heteroatoms. The molecule has 3 fully saturated rings. The number of carbonyl (C=O) groups excluding carboxylic acids is 3. The number of fused-ring (bicyclic) bond motifs is 1. The number of nitrogens with one attached hydrogen (secondary N) is 2. The Kier molecular flexibility index (Phi) is 6.14. The number of piperidine rings is 1. The molecule has 178 valence electrons. The van der Waals surface area contributed by atoms with Crippen LogP contribution in [0.1, 0.15) is 54.4 Å². The second-order valence-electron chi connectivity index (χ2n) is 10.1. The second-order valence-corrected chi connectivity index (χ2v) is 10.1. The van der Waals surface area contributed by atoms with E-state index < -0.39 is 6.04 Å². The summed E-state index contributed by atoms with van der Waals surface area (Å²) in [6.45, 7) is 4.60. The molecule has 2 N–H and O–H groups in total. The number of likely N-dealkylation sites (N-methyl/N-ethyl adjacent to an activating group) is 1. The van der Waals surface area contributed by atoms with Crippen molar-refractivity contribution in [2.75, 3.05) is 38.1 Å². The van der Waals surface area contributed by atoms with Crippen molar-refractivity contribution in [3.05, 3.63) is 29.3 Å². The first-order valence-electron chi connectivity index (χ1n) is 12.2. The fourth-order valence-electron chi connectivity index (χ4n) is 5.89. The van der Waals surface area contributed by atoms with Gasteiger partial charge in [-0.3, -0.25) is 9.59 Å². The highest BCUT2D eigenvalue weighted by molar-refractivity contribution is 6.01. The maximum atomic E-state index is 13.0. The summed E-state index contributed by atoms with van der Waals surface area (Å²) in [6.07, 6.45) is 6.62. The minimum absolute atomic E-state index is 0.136. The fraction of sp³-hybridized carbons (Fsp3) is 0.640. The van der Waals surface area contributed by atoms with E-state index in [0.29, 0.717) is 36.2 Å². The first-order chi connectivity index (χ1) is 16.0. The molecule has 1 aromatic carbocycles. The van der Waals surface area contributed by atoms with Gasteiger partial charge in [0.2, 0.25) is 5.91 Å². The molecule has 0 bridgehead atoms. The van der Waals surface area contributed by atoms with Crippen molar-refractivity contribution in [2.24, 2.45) is 5.41 Å². The van der Waals surface area contributed by atoms with Gasteiger partial charge in [0, 0.05) is 62.9 Å². The van der Waals surface area contributed by atoms with E-state index in [0.717, 1.165) is 56.6 Å². The molecule has 33 heavy (non-hydrogen) atoms. The summed E-state index contributed by atoms with van der Waals surface area (Å²) < 4.78 is 6.37. The lowest BCUT2D eigenvalue weighted by atomic mass is 9.63. The standard InChI is InChI=1S/C25H34N4O4/c1-26-23(31)22(3-2-10-30)29-14-17-11-18(4-5-21(17)24(29)32)28-8-6-19(7-9-28)33-20-12-25(13-20)15-27-16-25/h4-5,10-11,19-20,22,27H,2-3,6-9,12-16H2,1H3,(H,26,31). The Hall–Kier alpha value is -2.45. The molecule has 1 aliphatic carbocycles. The first-order valence-corrected chi connectivity index (χ1v) is 12.2. The van der Waals surface area contributed by atoms with Crippen molar-refractivity contribution in [3.8, 4) is 0 Å². The van der Waals surface area contributed by atoms with Crippen LogP contribution >= 0.6 is 0 Å². The van der Waals surface area contributed by atoms with Crippen LogP contribution in [0.25, 0.3) is 0 Å². The summed E-state index contributed by atoms with van der Waals surface area (Å²) in [5, 5.41) is 6.00. The average Bonchev–Trinajstić information content (AvgIpc) is 3.10. The van der Waals surface area contributed by atoms with Crippen molar-refractivity contribution in [2.45, 2.75) is 63.3 Å². The monoisotopic (exact) mass is 454 g/mol. The van der Waals surface area contributed by atoms with E-state index in [9.17, 15) is 14.4 Å². The normalized spacial score (nSPS) is 23.1. The summed E-state index contributed by atoms with van der Waals surface area (Å²) in [5.74, 6) is -0.366. The van der Waals surface area contributed by atoms with Crippen LogP contribution in [0.5, 0.6) is 0 Å². The van der Waals surface area contributed by atoms with Crippen LogP contribution in [0.15, 0.2) is 18.2 Å². The summed E-state index contributed by atoms with van der Waals surface area (Å²) in [6, 6.07) is 5.37. The topological polar surface area (TPSA) is 91.0 Å². The molecule has 1 spiro atoms. The average molecular weight is 455 g/mol. The van der Waals surface area contributed by atoms with Crippen LogP contribution in [0.2, 0.25) is 0 Å². The van der Waals surface area contributed by atoms with Gasteiger partial charge in [-0.05, 0) is 55.9 Å². The molecule has 5 rings (SSSR count). The number of ether oxygens (including phenoxy) is 1. The first kappa shape index (κ1) is 22.3. The molecule has 1 atom stereocenters. The van der Waals surface area contributed by atoms with Crippen molar-refractivity contribution in [3.63, 3.8) is 0 Å². The predicted octanol–water partition coefficient (Wildman–Crippen LogP) is 1.47. The van der Waals surface area contributed by atoms with E-state index in [-0.39, 0.29) is 18.2 Å². The Labute approximate surface area is 195 Å². The number of hydrogen-bond donors (Lipinski definition) is 2. The lowest BCUT2D eigenvalue weighted by Gasteiger charge is -2.54. The number of carbonyl (C=O) groups is 3. The molecule has 2 amide bonds. The largest absolute Gasteiger partial charge is 0.375 e. The van der Waals surface area contributed by atoms with Gasteiger partial charge in [0.15, 0.2) is 0 Å². The van der Waals surface area contributed by atoms with Gasteiger partial charge in [0.25, 0.3) is 5.91 Å². The zero-order valence-corrected chi connectivity index (χ0v) is 19.3. The third-order valence-electron chi connectivity index (χ3n) is 7.92. The van der Waals surface area contributed by atoms with Gasteiger partial charge in [0.1, 0.15) is 12.3 Å². The van der Waals surface area contributed by atoms with Crippen LogP contribution in [0, 0.1) is 5.41 Å². The number of anilines is 1. The molecule has 1 aromatic rings. The van der Waals surface area contributed by atoms with E-state index in [2.05, 4.69) is 21.6 Å². The molecule has 0 radical (unpaired) electrons. The maximum Gasteiger partial charge on any atom is 0.255 e. The van der Waals surface area contributed by atoms with Crippen LogP contribution < -0.4 is 15.5 Å². The van der Waals surface area contributed by atoms with Crippen LogP contribution in [-0.2, 0) is 20.9 Å². The number of rotatable bonds is 8. The highest BCUT2D eigenvalue weighted by Crippen LogP contribution is 2.46. The summed E-state index contributed by atoms with van der Waals surface area (Å²) in [4.78, 5) is 40.2. The molecule has 3 aliphatic heterocycles. The van der Waals surface area contributed by atoms with Gasteiger partial charge in [0.05, 0.1) is 12.2 Å². The fourth-order valence-corrected chi connectivity index (χ4v) is 5.89. The number of hydrogen-bond acceptors (Lipinski definition) is 6. The van der Waals surface area contributed by atoms with Crippen molar-refractivity contribution >= 4 is 23.8 Å². The smallest absolute Gasteiger partial charge is 0.255 e. The second kappa shape index (κ2) is 9.06. The highest BCUT2D eigenvalue weighted by Gasteiger charge is 2.49. The molecule has 8 nitrogen and oxygen atoms in total. The molecule has 2 saturated heterocycles. The van der Waals surface area contributed by atoms with E-state index >= 15 is 0 Å². The van der Waals surface area contributed by atoms with Gasteiger partial charge in [-0.1, -0.05) is 0 Å². The SMILES string of the molecule is CNC(=O)C(CCC=O)N1Cc2cc(N3CCC(OC4CC5(CNC5)C4)CC3)ccc2C1=O. The molecular weight excluding hydrogens is 420 g/mol. The molecular formula is C25H34N4O4. The Morgan fingerprint density at radius 3 is 2.67 bits per heavy atom. The molecule has 3 heterocycles. The molecule has 1 saturated carbocycles. The molecule has 1 unspecified atom stereocenters. The van der Waals surface area contributed by atoms with E-state index in [1.807, 2.05) is 12.1 Å². The van der Waals surface area contributed by atoms with Crippen molar-refractivity contribution in [1.82, 2.24) is 15.5 Å². The van der Waals surface area contributed by atoms with Gasteiger partial charge in [-0.15, -0.1) is 0 Å². The maximum absolute atomic E-state index is 13.0. The van der Waals surface area contributed by atoms with Gasteiger partial charge >= 0.3 is 0 Å². The Balaban J connectivity index is 1.18. The Morgan fingerprint density at radius 2 is 2.03 bits per heavy atom. The summed E-state index contributed by atoms with van der Waals surface area (Å²) in [5.41, 5.74) is 3.27. The van der Waals surface area contributed by atoms with E-state index in [4.69, 9.17) is 4.74 Å². The quantitative estimate of drug-likeness (QED) is 0.578. The van der Waals surface area contributed by atoms with Crippen LogP contribution in [-0.4, -0.2) is 74.5 Å². The van der Waals surface area contributed by atoms with Gasteiger partial charge in [-0.2, -0.15) is 0 Å². The van der Waals surface area contributed by atoms with E-state index in [1.54, 1.807) is 11.9 Å². The zero-order valence-electron chi connectivity index (χ0n) is 19.3. The number of amides is 2. The summed E-state index contributed by atoms with van der Waals surface area (Å²) >= 11 is 0. The summed E-state index contributed by atoms with van der Waals surface area (Å²) in [7, 11) is 1.56. The predicted molar refractivity (Wildman–Crippen MR) is 124 cm³/mol. The molecule has 4 aliphatic rings. The number of aldehydes is 1. The molecule has 0 aromatic heterocycles. The van der Waals surface area contributed by atoms with Crippen LogP contribution in [0.3, 0.4) is 0 Å². The van der Waals surface area contributed by atoms with Crippen molar-refractivity contribution < 1.29 is 19.1 Å². The Morgan fingerprint density at radius 1 is 1.27 bits per heavy atom. The third kappa shape index (κ3) is 4.26.